The van der Waals surface area contributed by atoms with E-state index in [-0.39, 0.29) is 11.9 Å². The van der Waals surface area contributed by atoms with Gasteiger partial charge >= 0.3 is 0 Å². The van der Waals surface area contributed by atoms with Crippen molar-refractivity contribution in [1.82, 2.24) is 5.32 Å². The van der Waals surface area contributed by atoms with Crippen molar-refractivity contribution < 1.29 is 4.79 Å². The van der Waals surface area contributed by atoms with Crippen LogP contribution in [0.2, 0.25) is 0 Å². The van der Waals surface area contributed by atoms with E-state index in [0.29, 0.717) is 0 Å². The molecular weight excluding hydrogens is 380 g/mol. The molecule has 0 spiro atoms. The fourth-order valence-corrected chi connectivity index (χ4v) is 6.28. The van der Waals surface area contributed by atoms with Gasteiger partial charge in [-0.3, -0.25) is 9.79 Å². The van der Waals surface area contributed by atoms with Crippen LogP contribution in [-0.4, -0.2) is 28.3 Å². The average molecular weight is 401 g/mol. The molecule has 134 valence electrons. The molecule has 1 atom stereocenters. The van der Waals surface area contributed by atoms with E-state index < -0.39 is 0 Å². The summed E-state index contributed by atoms with van der Waals surface area (Å²) in [4.78, 5) is 18.7. The lowest BCUT2D eigenvalue weighted by atomic mass is 10.0. The highest BCUT2D eigenvalue weighted by molar-refractivity contribution is 8.38. The van der Waals surface area contributed by atoms with E-state index in [0.717, 1.165) is 45.7 Å². The number of fused-ring (bicyclic) bond motifs is 1. The molecule has 0 bridgehead atoms. The van der Waals surface area contributed by atoms with Gasteiger partial charge in [-0.05, 0) is 29.7 Å². The van der Waals surface area contributed by atoms with E-state index in [1.54, 1.807) is 23.5 Å². The second-order valence-corrected chi connectivity index (χ2v) is 9.59. The van der Waals surface area contributed by atoms with Gasteiger partial charge in [-0.25, -0.2) is 0 Å². The molecule has 3 nitrogen and oxygen atoms in total. The van der Waals surface area contributed by atoms with Crippen molar-refractivity contribution in [2.45, 2.75) is 23.1 Å². The number of carbonyl (C=O) groups is 1. The molecule has 0 saturated carbocycles. The summed E-state index contributed by atoms with van der Waals surface area (Å²) in [7, 11) is 0. The van der Waals surface area contributed by atoms with Gasteiger partial charge in [0.1, 0.15) is 4.38 Å². The lowest BCUT2D eigenvalue weighted by Crippen LogP contribution is -2.31. The second kappa shape index (κ2) is 8.55. The maximum Gasteiger partial charge on any atom is 0.252 e. The van der Waals surface area contributed by atoms with Gasteiger partial charge in [-0.1, -0.05) is 59.9 Å². The fraction of sp³-hybridized carbons (Fsp3) is 0.300. The molecule has 1 unspecified atom stereocenters. The van der Waals surface area contributed by atoms with Crippen LogP contribution in [0.4, 0.5) is 0 Å². The van der Waals surface area contributed by atoms with Crippen molar-refractivity contribution in [2.75, 3.05) is 18.1 Å². The largest absolute Gasteiger partial charge is 0.345 e. The lowest BCUT2D eigenvalue weighted by Gasteiger charge is -2.26. The molecule has 0 aliphatic carbocycles. The zero-order chi connectivity index (χ0) is 17.8. The molecule has 2 heterocycles. The van der Waals surface area contributed by atoms with E-state index in [1.807, 2.05) is 36.0 Å². The number of amides is 1. The van der Waals surface area contributed by atoms with Crippen molar-refractivity contribution in [3.8, 4) is 0 Å². The van der Waals surface area contributed by atoms with Crippen LogP contribution >= 0.6 is 35.3 Å². The number of aliphatic imine (C=N–C) groups is 1. The summed E-state index contributed by atoms with van der Waals surface area (Å²) >= 11 is 5.41. The fourth-order valence-electron chi connectivity index (χ4n) is 3.14. The molecule has 2 aromatic rings. The molecule has 0 radical (unpaired) electrons. The third kappa shape index (κ3) is 4.13. The van der Waals surface area contributed by atoms with Gasteiger partial charge in [0.25, 0.3) is 5.91 Å². The molecule has 26 heavy (non-hydrogen) atoms. The minimum atomic E-state index is 0.0221. The predicted molar refractivity (Wildman–Crippen MR) is 114 cm³/mol. The van der Waals surface area contributed by atoms with E-state index in [1.165, 1.54) is 10.5 Å². The van der Waals surface area contributed by atoms with Crippen molar-refractivity contribution in [1.29, 1.82) is 0 Å². The SMILES string of the molecule is O=C(NC1CCSc2ccccc21)c1ccccc1CSC1=NCCS1. The minimum absolute atomic E-state index is 0.0221. The summed E-state index contributed by atoms with van der Waals surface area (Å²) in [6, 6.07) is 16.4. The highest BCUT2D eigenvalue weighted by Gasteiger charge is 2.23. The summed E-state index contributed by atoms with van der Waals surface area (Å²) in [6.45, 7) is 0.911. The third-order valence-electron chi connectivity index (χ3n) is 4.43. The monoisotopic (exact) mass is 400 g/mol. The standard InChI is InChI=1S/C20H20N2OS3/c23-19(22-17-9-11-24-18-8-4-3-7-16(17)18)15-6-2-1-5-14(15)13-26-20-21-10-12-25-20/h1-8,17H,9-13H2,(H,22,23). The highest BCUT2D eigenvalue weighted by Crippen LogP contribution is 2.36. The summed E-state index contributed by atoms with van der Waals surface area (Å²) in [6.07, 6.45) is 0.970. The van der Waals surface area contributed by atoms with Crippen LogP contribution in [0.15, 0.2) is 58.4 Å². The summed E-state index contributed by atoms with van der Waals surface area (Å²) in [5.41, 5.74) is 3.09. The average Bonchev–Trinajstić information content (AvgIpc) is 3.20. The van der Waals surface area contributed by atoms with Gasteiger partial charge in [-0.2, -0.15) is 0 Å². The first-order chi connectivity index (χ1) is 12.8. The maximum atomic E-state index is 13.0. The molecule has 2 aliphatic heterocycles. The second-order valence-electron chi connectivity index (χ2n) is 6.14. The quantitative estimate of drug-likeness (QED) is 0.785. The van der Waals surface area contributed by atoms with Gasteiger partial charge in [0, 0.05) is 27.7 Å². The van der Waals surface area contributed by atoms with Crippen LogP contribution in [0, 0.1) is 0 Å². The Bertz CT molecular complexity index is 837. The number of carbonyl (C=O) groups excluding carboxylic acids is 1. The van der Waals surface area contributed by atoms with Crippen LogP contribution in [0.1, 0.15) is 33.9 Å². The van der Waals surface area contributed by atoms with Gasteiger partial charge in [0.05, 0.1) is 12.6 Å². The van der Waals surface area contributed by atoms with Gasteiger partial charge < -0.3 is 5.32 Å². The molecule has 0 aromatic heterocycles. The lowest BCUT2D eigenvalue weighted by molar-refractivity contribution is 0.0934. The van der Waals surface area contributed by atoms with E-state index >= 15 is 0 Å². The van der Waals surface area contributed by atoms with E-state index in [2.05, 4.69) is 34.6 Å². The molecule has 0 fully saturated rings. The predicted octanol–water partition coefficient (Wildman–Crippen LogP) is 4.99. The normalized spacial score (nSPS) is 18.9. The van der Waals surface area contributed by atoms with Gasteiger partial charge in [0.2, 0.25) is 0 Å². The molecule has 1 amide bonds. The zero-order valence-electron chi connectivity index (χ0n) is 14.3. The van der Waals surface area contributed by atoms with Crippen LogP contribution in [-0.2, 0) is 5.75 Å². The Labute approximate surface area is 166 Å². The first-order valence-corrected chi connectivity index (χ1v) is 11.7. The van der Waals surface area contributed by atoms with Crippen LogP contribution in [0.3, 0.4) is 0 Å². The number of rotatable bonds is 4. The molecule has 2 aromatic carbocycles. The number of nitrogens with zero attached hydrogens (tertiary/aromatic N) is 1. The Morgan fingerprint density at radius 3 is 2.85 bits per heavy atom. The Morgan fingerprint density at radius 2 is 1.96 bits per heavy atom. The smallest absolute Gasteiger partial charge is 0.252 e. The Hall–Kier alpha value is -1.37. The number of hydrogen-bond donors (Lipinski definition) is 1. The third-order valence-corrected chi connectivity index (χ3v) is 7.86. The van der Waals surface area contributed by atoms with E-state index in [4.69, 9.17) is 0 Å². The molecule has 0 saturated heterocycles. The Kier molecular flexibility index (Phi) is 5.92. The number of hydrogen-bond acceptors (Lipinski definition) is 5. The Balaban J connectivity index is 1.48. The van der Waals surface area contributed by atoms with Crippen molar-refractivity contribution in [3.05, 3.63) is 65.2 Å². The summed E-state index contributed by atoms with van der Waals surface area (Å²) in [5, 5.41) is 3.26. The first-order valence-electron chi connectivity index (χ1n) is 8.72. The molecule has 6 heteroatoms. The first kappa shape index (κ1) is 18.0. The number of benzene rings is 2. The van der Waals surface area contributed by atoms with Crippen molar-refractivity contribution in [3.63, 3.8) is 0 Å². The van der Waals surface area contributed by atoms with Crippen LogP contribution in [0.5, 0.6) is 0 Å². The maximum absolute atomic E-state index is 13.0. The molecule has 2 aliphatic rings. The number of thioether (sulfide) groups is 3. The molecular formula is C20H20N2OS3. The zero-order valence-corrected chi connectivity index (χ0v) is 16.8. The van der Waals surface area contributed by atoms with Crippen molar-refractivity contribution >= 4 is 45.6 Å². The molecule has 1 N–H and O–H groups in total. The minimum Gasteiger partial charge on any atom is -0.345 e. The Morgan fingerprint density at radius 1 is 1.12 bits per heavy atom. The summed E-state index contributed by atoms with van der Waals surface area (Å²) in [5.74, 6) is 2.92. The van der Waals surface area contributed by atoms with Crippen LogP contribution in [0.25, 0.3) is 0 Å². The highest BCUT2D eigenvalue weighted by atomic mass is 32.2. The molecule has 4 rings (SSSR count). The van der Waals surface area contributed by atoms with Crippen molar-refractivity contribution in [2.24, 2.45) is 4.99 Å². The van der Waals surface area contributed by atoms with E-state index in [9.17, 15) is 4.79 Å². The van der Waals surface area contributed by atoms with Crippen LogP contribution < -0.4 is 5.32 Å². The van der Waals surface area contributed by atoms with Gasteiger partial charge in [-0.15, -0.1) is 11.8 Å². The van der Waals surface area contributed by atoms with Gasteiger partial charge in [0.15, 0.2) is 0 Å². The number of nitrogens with one attached hydrogen (secondary N) is 1. The topological polar surface area (TPSA) is 41.5 Å². The summed E-state index contributed by atoms with van der Waals surface area (Å²) < 4.78 is 1.14.